The third-order valence-corrected chi connectivity index (χ3v) is 2.38. The molecule has 0 spiro atoms. The highest BCUT2D eigenvalue weighted by Crippen LogP contribution is 2.12. The number of nitrogens with one attached hydrogen (secondary N) is 2. The summed E-state index contributed by atoms with van der Waals surface area (Å²) in [6.07, 6.45) is 0.803. The van der Waals surface area contributed by atoms with Crippen molar-refractivity contribution in [1.82, 2.24) is 10.6 Å². The Balaban J connectivity index is 2.17. The molecule has 1 aliphatic heterocycles. The molecular formula is C11H22N2O2. The van der Waals surface area contributed by atoms with E-state index in [2.05, 4.69) is 17.6 Å². The van der Waals surface area contributed by atoms with Crippen molar-refractivity contribution >= 4 is 6.09 Å². The Morgan fingerprint density at radius 2 is 2.20 bits per heavy atom. The van der Waals surface area contributed by atoms with Crippen LogP contribution in [0.15, 0.2) is 0 Å². The minimum Gasteiger partial charge on any atom is -0.444 e. The number of amides is 1. The van der Waals surface area contributed by atoms with Gasteiger partial charge in [-0.05, 0) is 46.6 Å². The van der Waals surface area contributed by atoms with Gasteiger partial charge in [-0.15, -0.1) is 0 Å². The maximum absolute atomic E-state index is 11.3. The van der Waals surface area contributed by atoms with Crippen LogP contribution in [0.2, 0.25) is 0 Å². The van der Waals surface area contributed by atoms with E-state index in [4.69, 9.17) is 4.74 Å². The van der Waals surface area contributed by atoms with Gasteiger partial charge in [-0.25, -0.2) is 4.79 Å². The third-order valence-electron chi connectivity index (χ3n) is 2.38. The number of hydrogen-bond acceptors (Lipinski definition) is 3. The lowest BCUT2D eigenvalue weighted by atomic mass is 10.1. The van der Waals surface area contributed by atoms with E-state index in [1.165, 1.54) is 0 Å². The van der Waals surface area contributed by atoms with Gasteiger partial charge in [0, 0.05) is 12.6 Å². The van der Waals surface area contributed by atoms with Gasteiger partial charge in [0.1, 0.15) is 5.60 Å². The first-order valence-corrected chi connectivity index (χ1v) is 5.57. The molecule has 0 saturated carbocycles. The van der Waals surface area contributed by atoms with Crippen LogP contribution in [0.3, 0.4) is 0 Å². The van der Waals surface area contributed by atoms with Gasteiger partial charge < -0.3 is 15.4 Å². The van der Waals surface area contributed by atoms with Crippen LogP contribution in [-0.4, -0.2) is 30.8 Å². The Morgan fingerprint density at radius 1 is 1.53 bits per heavy atom. The zero-order valence-electron chi connectivity index (χ0n) is 10.1. The van der Waals surface area contributed by atoms with Crippen molar-refractivity contribution in [2.45, 2.75) is 45.8 Å². The molecule has 0 aromatic heterocycles. The summed E-state index contributed by atoms with van der Waals surface area (Å²) in [7, 11) is 0. The van der Waals surface area contributed by atoms with E-state index in [1.807, 2.05) is 20.8 Å². The van der Waals surface area contributed by atoms with Crippen molar-refractivity contribution in [3.8, 4) is 0 Å². The quantitative estimate of drug-likeness (QED) is 0.732. The Kier molecular flexibility index (Phi) is 3.97. The van der Waals surface area contributed by atoms with Crippen LogP contribution in [0.1, 0.15) is 34.1 Å². The number of ether oxygens (including phenoxy) is 1. The van der Waals surface area contributed by atoms with E-state index in [0.717, 1.165) is 13.0 Å². The second-order valence-electron chi connectivity index (χ2n) is 5.29. The van der Waals surface area contributed by atoms with Gasteiger partial charge in [0.25, 0.3) is 0 Å². The summed E-state index contributed by atoms with van der Waals surface area (Å²) >= 11 is 0. The molecule has 0 aromatic rings. The van der Waals surface area contributed by atoms with Gasteiger partial charge >= 0.3 is 6.09 Å². The van der Waals surface area contributed by atoms with Crippen molar-refractivity contribution in [3.05, 3.63) is 0 Å². The largest absolute Gasteiger partial charge is 0.444 e. The van der Waals surface area contributed by atoms with Gasteiger partial charge in [-0.1, -0.05) is 0 Å². The van der Waals surface area contributed by atoms with Crippen molar-refractivity contribution in [2.24, 2.45) is 5.92 Å². The SMILES string of the molecule is C[C@@H]1C[C@@H](CNC(=O)OC(C)(C)C)CN1. The Labute approximate surface area is 91.8 Å². The summed E-state index contributed by atoms with van der Waals surface area (Å²) in [4.78, 5) is 11.3. The molecule has 0 unspecified atom stereocenters. The summed E-state index contributed by atoms with van der Waals surface area (Å²) in [5, 5.41) is 6.15. The van der Waals surface area contributed by atoms with Crippen molar-refractivity contribution in [3.63, 3.8) is 0 Å². The van der Waals surface area contributed by atoms with Crippen LogP contribution < -0.4 is 10.6 Å². The van der Waals surface area contributed by atoms with E-state index in [9.17, 15) is 4.79 Å². The molecule has 0 radical (unpaired) electrons. The van der Waals surface area contributed by atoms with E-state index in [0.29, 0.717) is 18.5 Å². The maximum atomic E-state index is 11.3. The third kappa shape index (κ3) is 5.02. The molecule has 88 valence electrons. The minimum absolute atomic E-state index is 0.318. The molecule has 0 aliphatic carbocycles. The molecular weight excluding hydrogens is 192 g/mol. The molecule has 1 heterocycles. The Morgan fingerprint density at radius 3 is 2.67 bits per heavy atom. The van der Waals surface area contributed by atoms with Crippen LogP contribution in [0, 0.1) is 5.92 Å². The van der Waals surface area contributed by atoms with Crippen LogP contribution in [-0.2, 0) is 4.74 Å². The predicted octanol–water partition coefficient (Wildman–Crippen LogP) is 1.51. The number of carbonyl (C=O) groups excluding carboxylic acids is 1. The van der Waals surface area contributed by atoms with Crippen molar-refractivity contribution in [1.29, 1.82) is 0 Å². The highest BCUT2D eigenvalue weighted by molar-refractivity contribution is 5.67. The second-order valence-corrected chi connectivity index (χ2v) is 5.29. The fourth-order valence-corrected chi connectivity index (χ4v) is 1.73. The lowest BCUT2D eigenvalue weighted by molar-refractivity contribution is 0.0520. The number of carbonyl (C=O) groups is 1. The smallest absolute Gasteiger partial charge is 0.407 e. The zero-order valence-corrected chi connectivity index (χ0v) is 10.1. The van der Waals surface area contributed by atoms with Crippen LogP contribution in [0.25, 0.3) is 0 Å². The van der Waals surface area contributed by atoms with Gasteiger partial charge in [-0.3, -0.25) is 0 Å². The molecule has 4 heteroatoms. The number of hydrogen-bond donors (Lipinski definition) is 2. The first-order valence-electron chi connectivity index (χ1n) is 5.57. The molecule has 2 N–H and O–H groups in total. The molecule has 1 aliphatic rings. The highest BCUT2D eigenvalue weighted by Gasteiger charge is 2.22. The van der Waals surface area contributed by atoms with Gasteiger partial charge in [0.2, 0.25) is 0 Å². The molecule has 1 saturated heterocycles. The van der Waals surface area contributed by atoms with Gasteiger partial charge in [0.05, 0.1) is 0 Å². The zero-order chi connectivity index (χ0) is 11.5. The summed E-state index contributed by atoms with van der Waals surface area (Å²) < 4.78 is 5.15. The maximum Gasteiger partial charge on any atom is 0.407 e. The molecule has 1 rings (SSSR count). The molecule has 1 fully saturated rings. The average molecular weight is 214 g/mol. The summed E-state index contributed by atoms with van der Waals surface area (Å²) in [5.74, 6) is 0.535. The van der Waals surface area contributed by atoms with Crippen LogP contribution in [0.4, 0.5) is 4.79 Å². The fraction of sp³-hybridized carbons (Fsp3) is 0.909. The second kappa shape index (κ2) is 4.84. The van der Waals surface area contributed by atoms with Crippen molar-refractivity contribution in [2.75, 3.05) is 13.1 Å². The first kappa shape index (κ1) is 12.3. The molecule has 4 nitrogen and oxygen atoms in total. The monoisotopic (exact) mass is 214 g/mol. The first-order chi connectivity index (χ1) is 6.87. The Bertz CT molecular complexity index is 223. The van der Waals surface area contributed by atoms with Gasteiger partial charge in [0.15, 0.2) is 0 Å². The average Bonchev–Trinajstić information content (AvgIpc) is 2.45. The summed E-state index contributed by atoms with van der Waals surface area (Å²) in [6.45, 7) is 9.44. The molecule has 15 heavy (non-hydrogen) atoms. The van der Waals surface area contributed by atoms with Crippen LogP contribution >= 0.6 is 0 Å². The Hall–Kier alpha value is -0.770. The summed E-state index contributed by atoms with van der Waals surface area (Å²) in [6, 6.07) is 0.565. The van der Waals surface area contributed by atoms with E-state index >= 15 is 0 Å². The fourth-order valence-electron chi connectivity index (χ4n) is 1.73. The lowest BCUT2D eigenvalue weighted by Crippen LogP contribution is -2.35. The summed E-state index contributed by atoms with van der Waals surface area (Å²) in [5.41, 5.74) is -0.411. The van der Waals surface area contributed by atoms with Crippen LogP contribution in [0.5, 0.6) is 0 Å². The highest BCUT2D eigenvalue weighted by atomic mass is 16.6. The standard InChI is InChI=1S/C11H22N2O2/c1-8-5-9(6-12-8)7-13-10(14)15-11(2,3)4/h8-9,12H,5-7H2,1-4H3,(H,13,14)/t8-,9-/m1/s1. The lowest BCUT2D eigenvalue weighted by Gasteiger charge is -2.20. The van der Waals surface area contributed by atoms with E-state index < -0.39 is 5.60 Å². The van der Waals surface area contributed by atoms with Crippen molar-refractivity contribution < 1.29 is 9.53 Å². The molecule has 2 atom stereocenters. The normalized spacial score (nSPS) is 26.4. The molecule has 1 amide bonds. The molecule has 0 aromatic carbocycles. The van der Waals surface area contributed by atoms with E-state index in [1.54, 1.807) is 0 Å². The topological polar surface area (TPSA) is 50.4 Å². The number of alkyl carbamates (subject to hydrolysis) is 1. The minimum atomic E-state index is -0.411. The number of rotatable bonds is 2. The van der Waals surface area contributed by atoms with Gasteiger partial charge in [-0.2, -0.15) is 0 Å². The molecule has 0 bridgehead atoms. The predicted molar refractivity (Wildman–Crippen MR) is 59.8 cm³/mol. The van der Waals surface area contributed by atoms with E-state index in [-0.39, 0.29) is 6.09 Å².